The summed E-state index contributed by atoms with van der Waals surface area (Å²) < 4.78 is 1.79. The van der Waals surface area contributed by atoms with E-state index in [-0.39, 0.29) is 0 Å². The van der Waals surface area contributed by atoms with Crippen LogP contribution in [0.2, 0.25) is 0 Å². The largest absolute Gasteiger partial charge is 0.221 e. The first-order chi connectivity index (χ1) is 6.27. The van der Waals surface area contributed by atoms with Crippen molar-refractivity contribution in [2.24, 2.45) is 0 Å². The molecular weight excluding hydrogens is 162 g/mol. The van der Waals surface area contributed by atoms with E-state index in [1.54, 1.807) is 4.68 Å². The highest BCUT2D eigenvalue weighted by molar-refractivity contribution is 5.55. The van der Waals surface area contributed by atoms with Gasteiger partial charge >= 0.3 is 0 Å². The van der Waals surface area contributed by atoms with Gasteiger partial charge in [-0.25, -0.2) is 4.68 Å². The van der Waals surface area contributed by atoms with Crippen LogP contribution in [0.25, 0.3) is 5.70 Å². The maximum atomic E-state index is 4.00. The standard InChI is InChI=1S/C10H15N3/c1-4-6-10(7-5-2)13-8-9(3)11-12-13/h4,6-8H,5H2,1-3H3/b6-4-,10-7+. The fourth-order valence-electron chi connectivity index (χ4n) is 1.09. The van der Waals surface area contributed by atoms with Gasteiger partial charge in [-0.1, -0.05) is 24.3 Å². The lowest BCUT2D eigenvalue weighted by Gasteiger charge is -1.99. The molecule has 0 spiro atoms. The topological polar surface area (TPSA) is 30.7 Å². The lowest BCUT2D eigenvalue weighted by molar-refractivity contribution is 0.818. The van der Waals surface area contributed by atoms with Crippen LogP contribution in [0, 0.1) is 6.92 Å². The van der Waals surface area contributed by atoms with Crippen molar-refractivity contribution in [3.05, 3.63) is 30.1 Å². The van der Waals surface area contributed by atoms with Crippen molar-refractivity contribution in [2.45, 2.75) is 27.2 Å². The highest BCUT2D eigenvalue weighted by Gasteiger charge is 1.97. The van der Waals surface area contributed by atoms with Gasteiger partial charge in [0, 0.05) is 0 Å². The molecule has 0 aliphatic rings. The summed E-state index contributed by atoms with van der Waals surface area (Å²) in [7, 11) is 0. The van der Waals surface area contributed by atoms with E-state index in [1.165, 1.54) is 0 Å². The average molecular weight is 177 g/mol. The average Bonchev–Trinajstić information content (AvgIpc) is 2.51. The molecule has 0 aliphatic carbocycles. The Morgan fingerprint density at radius 2 is 2.38 bits per heavy atom. The van der Waals surface area contributed by atoms with E-state index >= 15 is 0 Å². The van der Waals surface area contributed by atoms with Crippen LogP contribution >= 0.6 is 0 Å². The Labute approximate surface area is 78.8 Å². The molecule has 0 unspecified atom stereocenters. The van der Waals surface area contributed by atoms with Crippen LogP contribution in [-0.2, 0) is 0 Å². The minimum Gasteiger partial charge on any atom is -0.221 e. The molecule has 0 bridgehead atoms. The summed E-state index contributed by atoms with van der Waals surface area (Å²) in [5, 5.41) is 7.94. The molecule has 0 aromatic carbocycles. The van der Waals surface area contributed by atoms with Gasteiger partial charge in [-0.3, -0.25) is 0 Å². The van der Waals surface area contributed by atoms with E-state index in [0.717, 1.165) is 17.8 Å². The third kappa shape index (κ3) is 2.54. The number of hydrogen-bond acceptors (Lipinski definition) is 2. The van der Waals surface area contributed by atoms with Crippen LogP contribution < -0.4 is 0 Å². The molecule has 13 heavy (non-hydrogen) atoms. The summed E-state index contributed by atoms with van der Waals surface area (Å²) in [5.41, 5.74) is 2.01. The number of hydrogen-bond donors (Lipinski definition) is 0. The molecule has 0 saturated heterocycles. The van der Waals surface area contributed by atoms with E-state index in [4.69, 9.17) is 0 Å². The van der Waals surface area contributed by atoms with Gasteiger partial charge in [0.25, 0.3) is 0 Å². The van der Waals surface area contributed by atoms with Crippen LogP contribution in [0.3, 0.4) is 0 Å². The number of aryl methyl sites for hydroxylation is 1. The van der Waals surface area contributed by atoms with Gasteiger partial charge in [-0.05, 0) is 26.3 Å². The van der Waals surface area contributed by atoms with Gasteiger partial charge in [0.1, 0.15) is 0 Å². The number of nitrogens with zero attached hydrogens (tertiary/aromatic N) is 3. The van der Waals surface area contributed by atoms with Crippen LogP contribution in [-0.4, -0.2) is 15.0 Å². The van der Waals surface area contributed by atoms with E-state index in [1.807, 2.05) is 32.2 Å². The molecule has 70 valence electrons. The fourth-order valence-corrected chi connectivity index (χ4v) is 1.09. The Balaban J connectivity index is 2.95. The quantitative estimate of drug-likeness (QED) is 0.664. The van der Waals surface area contributed by atoms with Crippen LogP contribution in [0.1, 0.15) is 26.0 Å². The predicted octanol–water partition coefficient (Wildman–Crippen LogP) is 2.41. The van der Waals surface area contributed by atoms with Gasteiger partial charge in [-0.2, -0.15) is 0 Å². The van der Waals surface area contributed by atoms with Gasteiger partial charge in [-0.15, -0.1) is 5.10 Å². The zero-order chi connectivity index (χ0) is 9.68. The Hall–Kier alpha value is -1.38. The molecule has 0 atom stereocenters. The molecule has 3 heteroatoms. The van der Waals surface area contributed by atoms with Gasteiger partial charge in [0.15, 0.2) is 0 Å². The lowest BCUT2D eigenvalue weighted by Crippen LogP contribution is -1.95. The Morgan fingerprint density at radius 1 is 1.62 bits per heavy atom. The summed E-state index contributed by atoms with van der Waals surface area (Å²) in [4.78, 5) is 0. The molecule has 1 aromatic rings. The fraction of sp³-hybridized carbons (Fsp3) is 0.400. The first-order valence-corrected chi connectivity index (χ1v) is 4.50. The second-order valence-corrected chi connectivity index (χ2v) is 2.84. The van der Waals surface area contributed by atoms with Crippen molar-refractivity contribution in [3.8, 4) is 0 Å². The van der Waals surface area contributed by atoms with Crippen molar-refractivity contribution in [3.63, 3.8) is 0 Å². The van der Waals surface area contributed by atoms with Gasteiger partial charge < -0.3 is 0 Å². The van der Waals surface area contributed by atoms with E-state index in [2.05, 4.69) is 23.3 Å². The number of aromatic nitrogens is 3. The molecular formula is C10H15N3. The summed E-state index contributed by atoms with van der Waals surface area (Å²) >= 11 is 0. The third-order valence-corrected chi connectivity index (χ3v) is 1.62. The Bertz CT molecular complexity index is 321. The Morgan fingerprint density at radius 3 is 2.85 bits per heavy atom. The zero-order valence-electron chi connectivity index (χ0n) is 8.36. The molecule has 0 saturated carbocycles. The molecule has 0 N–H and O–H groups in total. The summed E-state index contributed by atoms with van der Waals surface area (Å²) in [6.07, 6.45) is 9.06. The molecule has 0 aliphatic heterocycles. The lowest BCUT2D eigenvalue weighted by atomic mass is 10.3. The predicted molar refractivity (Wildman–Crippen MR) is 54.1 cm³/mol. The molecule has 1 heterocycles. The highest BCUT2D eigenvalue weighted by atomic mass is 15.4. The maximum Gasteiger partial charge on any atom is 0.0800 e. The maximum absolute atomic E-state index is 4.00. The molecule has 1 rings (SSSR count). The van der Waals surface area contributed by atoms with E-state index < -0.39 is 0 Å². The van der Waals surface area contributed by atoms with Crippen LogP contribution in [0.4, 0.5) is 0 Å². The van der Waals surface area contributed by atoms with Crippen molar-refractivity contribution in [1.82, 2.24) is 15.0 Å². The van der Waals surface area contributed by atoms with Crippen molar-refractivity contribution >= 4 is 5.70 Å². The minimum absolute atomic E-state index is 0.937. The van der Waals surface area contributed by atoms with Crippen molar-refractivity contribution in [2.75, 3.05) is 0 Å². The van der Waals surface area contributed by atoms with Crippen LogP contribution in [0.15, 0.2) is 24.4 Å². The normalized spacial score (nSPS) is 12.7. The summed E-state index contributed by atoms with van der Waals surface area (Å²) in [6, 6.07) is 0. The molecule has 0 radical (unpaired) electrons. The van der Waals surface area contributed by atoms with Gasteiger partial charge in [0.2, 0.25) is 0 Å². The van der Waals surface area contributed by atoms with E-state index in [0.29, 0.717) is 0 Å². The second-order valence-electron chi connectivity index (χ2n) is 2.84. The number of allylic oxidation sites excluding steroid dienone is 4. The number of rotatable bonds is 3. The Kier molecular flexibility index (Phi) is 3.43. The van der Waals surface area contributed by atoms with Crippen molar-refractivity contribution < 1.29 is 0 Å². The molecule has 0 fully saturated rings. The third-order valence-electron chi connectivity index (χ3n) is 1.62. The molecule has 0 amide bonds. The minimum atomic E-state index is 0.937. The highest BCUT2D eigenvalue weighted by Crippen LogP contribution is 2.06. The summed E-state index contributed by atoms with van der Waals surface area (Å²) in [6.45, 7) is 6.03. The smallest absolute Gasteiger partial charge is 0.0800 e. The zero-order valence-corrected chi connectivity index (χ0v) is 8.36. The van der Waals surface area contributed by atoms with E-state index in [9.17, 15) is 0 Å². The molecule has 1 aromatic heterocycles. The van der Waals surface area contributed by atoms with Crippen LogP contribution in [0.5, 0.6) is 0 Å². The monoisotopic (exact) mass is 177 g/mol. The first-order valence-electron chi connectivity index (χ1n) is 4.50. The molecule has 3 nitrogen and oxygen atoms in total. The van der Waals surface area contributed by atoms with Crippen molar-refractivity contribution in [1.29, 1.82) is 0 Å². The van der Waals surface area contributed by atoms with Gasteiger partial charge in [0.05, 0.1) is 17.6 Å². The summed E-state index contributed by atoms with van der Waals surface area (Å²) in [5.74, 6) is 0. The first kappa shape index (κ1) is 9.71. The second kappa shape index (κ2) is 4.60. The SMILES string of the molecule is C/C=C\C(=C/CC)n1cc(C)nn1.